The third kappa shape index (κ3) is 5.18. The molecule has 1 amide bonds. The van der Waals surface area contributed by atoms with E-state index in [-0.39, 0.29) is 12.0 Å². The van der Waals surface area contributed by atoms with Gasteiger partial charge in [-0.3, -0.25) is 4.79 Å². The molecule has 0 radical (unpaired) electrons. The summed E-state index contributed by atoms with van der Waals surface area (Å²) >= 11 is 0. The lowest BCUT2D eigenvalue weighted by molar-refractivity contribution is 0.102. The quantitative estimate of drug-likeness (QED) is 0.810. The van der Waals surface area contributed by atoms with E-state index in [1.807, 2.05) is 44.2 Å². The Hall–Kier alpha value is -2.63. The Morgan fingerprint density at radius 2 is 1.77 bits per heavy atom. The van der Waals surface area contributed by atoms with Crippen LogP contribution in [0, 0.1) is 0 Å². The molecule has 1 fully saturated rings. The Kier molecular flexibility index (Phi) is 6.04. The van der Waals surface area contributed by atoms with Crippen LogP contribution in [0.4, 0.5) is 11.5 Å². The summed E-state index contributed by atoms with van der Waals surface area (Å²) in [6.45, 7) is 3.95. The van der Waals surface area contributed by atoms with E-state index in [4.69, 9.17) is 4.74 Å². The van der Waals surface area contributed by atoms with Gasteiger partial charge in [0.05, 0.1) is 6.10 Å². The minimum atomic E-state index is -0.278. The molecule has 1 heterocycles. The van der Waals surface area contributed by atoms with E-state index >= 15 is 0 Å². The highest BCUT2D eigenvalue weighted by Crippen LogP contribution is 2.21. The maximum atomic E-state index is 12.3. The van der Waals surface area contributed by atoms with Crippen LogP contribution in [0.5, 0.6) is 5.75 Å². The Morgan fingerprint density at radius 3 is 2.38 bits per heavy atom. The first-order valence-electron chi connectivity index (χ1n) is 9.28. The predicted octanol–water partition coefficient (Wildman–Crippen LogP) is 4.26. The molecule has 0 saturated heterocycles. The van der Waals surface area contributed by atoms with Crippen molar-refractivity contribution in [3.05, 3.63) is 42.1 Å². The van der Waals surface area contributed by atoms with Gasteiger partial charge >= 0.3 is 0 Å². The number of ether oxygens (including phenoxy) is 1. The summed E-state index contributed by atoms with van der Waals surface area (Å²) in [6, 6.07) is 11.3. The van der Waals surface area contributed by atoms with Crippen LogP contribution in [0.1, 0.15) is 56.4 Å². The standard InChI is InChI=1S/C20H26N4O2/c1-14(2)26-17-10-8-16(9-11-17)22-20(25)18-12-13-19(24-23-18)21-15-6-4-3-5-7-15/h8-15H,3-7H2,1-2H3,(H,21,24)(H,22,25). The number of amides is 1. The number of aromatic nitrogens is 2. The zero-order valence-corrected chi connectivity index (χ0v) is 15.4. The molecule has 0 aliphatic heterocycles. The molecule has 0 atom stereocenters. The number of hydrogen-bond donors (Lipinski definition) is 2. The lowest BCUT2D eigenvalue weighted by Gasteiger charge is -2.22. The van der Waals surface area contributed by atoms with Gasteiger partial charge in [0, 0.05) is 11.7 Å². The molecule has 2 N–H and O–H groups in total. The van der Waals surface area contributed by atoms with E-state index in [1.54, 1.807) is 6.07 Å². The fraction of sp³-hybridized carbons (Fsp3) is 0.450. The van der Waals surface area contributed by atoms with E-state index in [9.17, 15) is 4.79 Å². The van der Waals surface area contributed by atoms with Gasteiger partial charge in [-0.05, 0) is 63.1 Å². The monoisotopic (exact) mass is 354 g/mol. The molecule has 3 rings (SSSR count). The van der Waals surface area contributed by atoms with Crippen LogP contribution in [0.25, 0.3) is 0 Å². The highest BCUT2D eigenvalue weighted by atomic mass is 16.5. The number of carbonyl (C=O) groups is 1. The fourth-order valence-electron chi connectivity index (χ4n) is 3.07. The summed E-state index contributed by atoms with van der Waals surface area (Å²) in [6.07, 6.45) is 6.28. The minimum Gasteiger partial charge on any atom is -0.491 e. The van der Waals surface area contributed by atoms with Crippen molar-refractivity contribution in [2.75, 3.05) is 10.6 Å². The van der Waals surface area contributed by atoms with Crippen LogP contribution in [0.3, 0.4) is 0 Å². The van der Waals surface area contributed by atoms with Crippen LogP contribution >= 0.6 is 0 Å². The zero-order valence-electron chi connectivity index (χ0n) is 15.4. The third-order valence-corrected chi connectivity index (χ3v) is 4.34. The summed E-state index contributed by atoms with van der Waals surface area (Å²) in [7, 11) is 0. The molecule has 1 aromatic carbocycles. The number of anilines is 2. The smallest absolute Gasteiger partial charge is 0.276 e. The van der Waals surface area contributed by atoms with Gasteiger partial charge in [-0.15, -0.1) is 10.2 Å². The van der Waals surface area contributed by atoms with Crippen LogP contribution in [-0.2, 0) is 0 Å². The van der Waals surface area contributed by atoms with E-state index in [0.717, 1.165) is 11.6 Å². The van der Waals surface area contributed by atoms with Gasteiger partial charge < -0.3 is 15.4 Å². The van der Waals surface area contributed by atoms with Crippen molar-refractivity contribution in [2.45, 2.75) is 58.1 Å². The molecular formula is C20H26N4O2. The van der Waals surface area contributed by atoms with Gasteiger partial charge in [0.25, 0.3) is 5.91 Å². The highest BCUT2D eigenvalue weighted by Gasteiger charge is 2.14. The van der Waals surface area contributed by atoms with Crippen LogP contribution in [0.15, 0.2) is 36.4 Å². The highest BCUT2D eigenvalue weighted by molar-refractivity contribution is 6.02. The summed E-state index contributed by atoms with van der Waals surface area (Å²) in [5.41, 5.74) is 0.985. The summed E-state index contributed by atoms with van der Waals surface area (Å²) in [5, 5.41) is 14.4. The van der Waals surface area contributed by atoms with Gasteiger partial charge in [0.1, 0.15) is 11.6 Å². The van der Waals surface area contributed by atoms with Gasteiger partial charge in [-0.1, -0.05) is 19.3 Å². The first-order chi connectivity index (χ1) is 12.6. The molecule has 0 bridgehead atoms. The summed E-state index contributed by atoms with van der Waals surface area (Å²) in [5.74, 6) is 1.22. The third-order valence-electron chi connectivity index (χ3n) is 4.34. The molecule has 0 spiro atoms. The van der Waals surface area contributed by atoms with Gasteiger partial charge in [-0.2, -0.15) is 0 Å². The second-order valence-corrected chi connectivity index (χ2v) is 6.93. The fourth-order valence-corrected chi connectivity index (χ4v) is 3.07. The normalized spacial score (nSPS) is 14.9. The molecule has 6 nitrogen and oxygen atoms in total. The lowest BCUT2D eigenvalue weighted by Crippen LogP contribution is -2.23. The molecule has 26 heavy (non-hydrogen) atoms. The molecule has 1 aliphatic carbocycles. The first-order valence-corrected chi connectivity index (χ1v) is 9.28. The number of rotatable bonds is 6. The van der Waals surface area contributed by atoms with Crippen molar-refractivity contribution in [3.63, 3.8) is 0 Å². The van der Waals surface area contributed by atoms with Crippen molar-refractivity contribution in [3.8, 4) is 5.75 Å². The van der Waals surface area contributed by atoms with E-state index in [1.165, 1.54) is 32.1 Å². The van der Waals surface area contributed by atoms with Crippen molar-refractivity contribution in [1.29, 1.82) is 0 Å². The number of nitrogens with zero attached hydrogens (tertiary/aromatic N) is 2. The number of benzene rings is 1. The Bertz CT molecular complexity index is 708. The second-order valence-electron chi connectivity index (χ2n) is 6.93. The molecular weight excluding hydrogens is 328 g/mol. The van der Waals surface area contributed by atoms with Gasteiger partial charge in [0.15, 0.2) is 5.69 Å². The Balaban J connectivity index is 1.55. The Morgan fingerprint density at radius 1 is 1.04 bits per heavy atom. The van der Waals surface area contributed by atoms with Gasteiger partial charge in [0.2, 0.25) is 0 Å². The van der Waals surface area contributed by atoms with Crippen molar-refractivity contribution < 1.29 is 9.53 Å². The molecule has 1 aromatic heterocycles. The van der Waals surface area contributed by atoms with Crippen LogP contribution < -0.4 is 15.4 Å². The average molecular weight is 354 g/mol. The van der Waals surface area contributed by atoms with Crippen molar-refractivity contribution in [1.82, 2.24) is 10.2 Å². The largest absolute Gasteiger partial charge is 0.491 e. The lowest BCUT2D eigenvalue weighted by atomic mass is 9.95. The second kappa shape index (κ2) is 8.65. The van der Waals surface area contributed by atoms with Crippen molar-refractivity contribution in [2.24, 2.45) is 0 Å². The molecule has 0 unspecified atom stereocenters. The molecule has 2 aromatic rings. The summed E-state index contributed by atoms with van der Waals surface area (Å²) in [4.78, 5) is 12.3. The number of nitrogens with one attached hydrogen (secondary N) is 2. The molecule has 1 aliphatic rings. The maximum Gasteiger partial charge on any atom is 0.276 e. The zero-order chi connectivity index (χ0) is 18.4. The average Bonchev–Trinajstić information content (AvgIpc) is 2.64. The van der Waals surface area contributed by atoms with Crippen LogP contribution in [0.2, 0.25) is 0 Å². The topological polar surface area (TPSA) is 76.1 Å². The van der Waals surface area contributed by atoms with E-state index in [2.05, 4.69) is 20.8 Å². The summed E-state index contributed by atoms with van der Waals surface area (Å²) < 4.78 is 5.59. The minimum absolute atomic E-state index is 0.117. The first kappa shape index (κ1) is 18.2. The maximum absolute atomic E-state index is 12.3. The predicted molar refractivity (Wildman–Crippen MR) is 103 cm³/mol. The van der Waals surface area contributed by atoms with Crippen LogP contribution in [-0.4, -0.2) is 28.3 Å². The number of carbonyl (C=O) groups excluding carboxylic acids is 1. The Labute approximate surface area is 154 Å². The number of hydrogen-bond acceptors (Lipinski definition) is 5. The SMILES string of the molecule is CC(C)Oc1ccc(NC(=O)c2ccc(NC3CCCCC3)nn2)cc1. The van der Waals surface area contributed by atoms with E-state index < -0.39 is 0 Å². The van der Waals surface area contributed by atoms with Gasteiger partial charge in [-0.25, -0.2) is 0 Å². The molecule has 1 saturated carbocycles. The van der Waals surface area contributed by atoms with E-state index in [0.29, 0.717) is 17.4 Å². The van der Waals surface area contributed by atoms with Crippen molar-refractivity contribution >= 4 is 17.4 Å². The molecule has 138 valence electrons. The molecule has 6 heteroatoms.